The largest absolute Gasteiger partial charge is 0.481 e. The molecule has 0 amide bonds. The second-order valence-corrected chi connectivity index (χ2v) is 1.79. The zero-order valence-electron chi connectivity index (χ0n) is 7.47. The van der Waals surface area contributed by atoms with E-state index in [9.17, 15) is 9.59 Å². The number of rotatable bonds is 3. The zero-order valence-corrected chi connectivity index (χ0v) is 7.47. The molecular weight excluding hydrogens is 192 g/mol. The summed E-state index contributed by atoms with van der Waals surface area (Å²) in [6.45, 7) is 4.19. The second kappa shape index (κ2) is 8.98. The van der Waals surface area contributed by atoms with E-state index < -0.39 is 17.9 Å². The number of carboxylic acid groups (broad SMARTS) is 2. The molecule has 78 valence electrons. The molecule has 0 saturated heterocycles. The average molecular weight is 202 g/mol. The number of carboxylic acids is 2. The van der Waals surface area contributed by atoms with Crippen LogP contribution in [0.15, 0.2) is 25.0 Å². The summed E-state index contributed by atoms with van der Waals surface area (Å²) in [6.07, 6.45) is 2.41. The predicted molar refractivity (Wildman–Crippen MR) is 46.4 cm³/mol. The van der Waals surface area contributed by atoms with Crippen LogP contribution in [0.4, 0.5) is 0 Å². The lowest BCUT2D eigenvalue weighted by Gasteiger charge is -1.87. The molecule has 14 heavy (non-hydrogen) atoms. The van der Waals surface area contributed by atoms with Gasteiger partial charge in [-0.15, -0.1) is 0 Å². The highest BCUT2D eigenvalue weighted by atomic mass is 16.5. The summed E-state index contributed by atoms with van der Waals surface area (Å²) < 4.78 is 4.17. The Morgan fingerprint density at radius 3 is 1.93 bits per heavy atom. The molecule has 0 aliphatic rings. The molecule has 6 nitrogen and oxygen atoms in total. The average Bonchev–Trinajstić information content (AvgIpc) is 2.00. The molecule has 0 fully saturated rings. The maximum Gasteiger partial charge on any atom is 0.335 e. The van der Waals surface area contributed by atoms with Gasteiger partial charge in [0.05, 0.1) is 6.26 Å². The van der Waals surface area contributed by atoms with E-state index >= 15 is 0 Å². The molecule has 0 aliphatic carbocycles. The smallest absolute Gasteiger partial charge is 0.335 e. The van der Waals surface area contributed by atoms with Gasteiger partial charge in [-0.3, -0.25) is 4.79 Å². The molecule has 0 radical (unpaired) electrons. The minimum absolute atomic E-state index is 0.686. The summed E-state index contributed by atoms with van der Waals surface area (Å²) in [4.78, 5) is 29.1. The topological polar surface area (TPSA) is 101 Å². The molecule has 6 heteroatoms. The normalized spacial score (nSPS) is 8.36. The van der Waals surface area contributed by atoms with Crippen LogP contribution in [0.1, 0.15) is 6.92 Å². The molecule has 0 heterocycles. The highest BCUT2D eigenvalue weighted by Crippen LogP contribution is 1.80. The Morgan fingerprint density at radius 2 is 1.64 bits per heavy atom. The lowest BCUT2D eigenvalue weighted by molar-refractivity contribution is -0.134. The van der Waals surface area contributed by atoms with Gasteiger partial charge in [0.1, 0.15) is 0 Å². The Kier molecular flexibility index (Phi) is 9.25. The molecule has 0 aromatic heterocycles. The monoisotopic (exact) mass is 202 g/mol. The molecule has 0 unspecified atom stereocenters. The van der Waals surface area contributed by atoms with Crippen molar-refractivity contribution in [2.24, 2.45) is 0 Å². The highest BCUT2D eigenvalue weighted by molar-refractivity contribution is 5.90. The molecule has 2 N–H and O–H groups in total. The van der Waals surface area contributed by atoms with Crippen molar-refractivity contribution in [3.05, 3.63) is 25.0 Å². The van der Waals surface area contributed by atoms with Crippen LogP contribution in [-0.4, -0.2) is 28.1 Å². The standard InChI is InChI=1S/C6H6O4.C2H4O2/c1-2-10-6(9)4-3-5(7)8;1-2(3)4/h2-4H,1H2,(H,7,8);1H3,(H,3,4)/b4-3+;. The van der Waals surface area contributed by atoms with Crippen molar-refractivity contribution < 1.29 is 29.3 Å². The minimum Gasteiger partial charge on any atom is -0.481 e. The molecule has 0 aromatic carbocycles. The van der Waals surface area contributed by atoms with Crippen LogP contribution in [0, 0.1) is 0 Å². The van der Waals surface area contributed by atoms with Crippen LogP contribution < -0.4 is 0 Å². The first kappa shape index (κ1) is 14.4. The maximum absolute atomic E-state index is 10.3. The van der Waals surface area contributed by atoms with E-state index in [1.165, 1.54) is 0 Å². The van der Waals surface area contributed by atoms with Gasteiger partial charge in [-0.1, -0.05) is 6.58 Å². The first-order valence-corrected chi connectivity index (χ1v) is 3.32. The number of carbonyl (C=O) groups is 3. The van der Waals surface area contributed by atoms with Gasteiger partial charge in [0, 0.05) is 19.1 Å². The lowest BCUT2D eigenvalue weighted by Crippen LogP contribution is -1.95. The summed E-state index contributed by atoms with van der Waals surface area (Å²) in [5.74, 6) is -2.78. The van der Waals surface area contributed by atoms with E-state index in [1.807, 2.05) is 0 Å². The van der Waals surface area contributed by atoms with Crippen LogP contribution >= 0.6 is 0 Å². The van der Waals surface area contributed by atoms with Crippen molar-refractivity contribution in [1.29, 1.82) is 0 Å². The summed E-state index contributed by atoms with van der Waals surface area (Å²) >= 11 is 0. The molecule has 0 aliphatic heterocycles. The van der Waals surface area contributed by atoms with Gasteiger partial charge in [-0.05, 0) is 0 Å². The quantitative estimate of drug-likeness (QED) is 0.390. The Bertz CT molecular complexity index is 249. The van der Waals surface area contributed by atoms with Crippen molar-refractivity contribution in [2.45, 2.75) is 6.92 Å². The summed E-state index contributed by atoms with van der Waals surface area (Å²) in [5.41, 5.74) is 0. The number of carbonyl (C=O) groups excluding carboxylic acids is 1. The number of hydrogen-bond acceptors (Lipinski definition) is 4. The molecule has 0 spiro atoms. The van der Waals surface area contributed by atoms with E-state index in [4.69, 9.17) is 15.0 Å². The van der Waals surface area contributed by atoms with Crippen molar-refractivity contribution >= 4 is 17.9 Å². The number of hydrogen-bond donors (Lipinski definition) is 2. The third kappa shape index (κ3) is 22.5. The van der Waals surface area contributed by atoms with E-state index in [0.29, 0.717) is 6.08 Å². The Morgan fingerprint density at radius 1 is 1.21 bits per heavy atom. The molecule has 0 aromatic rings. The van der Waals surface area contributed by atoms with E-state index in [0.717, 1.165) is 19.3 Å². The minimum atomic E-state index is -1.19. The van der Waals surface area contributed by atoms with Gasteiger partial charge < -0.3 is 14.9 Å². The van der Waals surface area contributed by atoms with Gasteiger partial charge in [0.25, 0.3) is 5.97 Å². The number of aliphatic carboxylic acids is 2. The van der Waals surface area contributed by atoms with Gasteiger partial charge in [0.15, 0.2) is 0 Å². The van der Waals surface area contributed by atoms with Crippen molar-refractivity contribution in [3.63, 3.8) is 0 Å². The molecule has 0 rings (SSSR count). The van der Waals surface area contributed by atoms with E-state index in [-0.39, 0.29) is 0 Å². The molecule has 0 atom stereocenters. The highest BCUT2D eigenvalue weighted by Gasteiger charge is 1.93. The third-order valence-corrected chi connectivity index (χ3v) is 0.561. The Hall–Kier alpha value is -2.11. The summed E-state index contributed by atoms with van der Waals surface area (Å²) in [5, 5.41) is 15.4. The predicted octanol–water partition coefficient (Wildman–Crippen LogP) is 0.405. The first-order chi connectivity index (χ1) is 6.40. The fraction of sp³-hybridized carbons (Fsp3) is 0.125. The van der Waals surface area contributed by atoms with Crippen molar-refractivity contribution in [1.82, 2.24) is 0 Å². The molecule has 0 saturated carbocycles. The number of esters is 1. The summed E-state index contributed by atoms with van der Waals surface area (Å²) in [6, 6.07) is 0. The van der Waals surface area contributed by atoms with Gasteiger partial charge >= 0.3 is 11.9 Å². The fourth-order valence-electron chi connectivity index (χ4n) is 0.261. The van der Waals surface area contributed by atoms with Gasteiger partial charge in [-0.25, -0.2) is 9.59 Å². The maximum atomic E-state index is 10.3. The van der Waals surface area contributed by atoms with Crippen molar-refractivity contribution in [3.8, 4) is 0 Å². The summed E-state index contributed by atoms with van der Waals surface area (Å²) in [7, 11) is 0. The molecule has 0 bridgehead atoms. The SMILES string of the molecule is C=COC(=O)/C=C/C(=O)O.CC(=O)O. The van der Waals surface area contributed by atoms with Crippen LogP contribution in [0.25, 0.3) is 0 Å². The van der Waals surface area contributed by atoms with Crippen LogP contribution in [0.5, 0.6) is 0 Å². The van der Waals surface area contributed by atoms with Crippen molar-refractivity contribution in [2.75, 3.05) is 0 Å². The first-order valence-electron chi connectivity index (χ1n) is 3.32. The van der Waals surface area contributed by atoms with Gasteiger partial charge in [-0.2, -0.15) is 0 Å². The van der Waals surface area contributed by atoms with Gasteiger partial charge in [0.2, 0.25) is 0 Å². The van der Waals surface area contributed by atoms with E-state index in [1.54, 1.807) is 0 Å². The number of ether oxygens (including phenoxy) is 1. The Labute approximate surface area is 80.1 Å². The van der Waals surface area contributed by atoms with Crippen LogP contribution in [-0.2, 0) is 19.1 Å². The lowest BCUT2D eigenvalue weighted by atomic mass is 10.5. The Balaban J connectivity index is 0. The third-order valence-electron chi connectivity index (χ3n) is 0.561. The fourth-order valence-corrected chi connectivity index (χ4v) is 0.261. The van der Waals surface area contributed by atoms with Crippen LogP contribution in [0.2, 0.25) is 0 Å². The van der Waals surface area contributed by atoms with Crippen LogP contribution in [0.3, 0.4) is 0 Å². The molecular formula is C8H10O6. The van der Waals surface area contributed by atoms with E-state index in [2.05, 4.69) is 11.3 Å². The zero-order chi connectivity index (χ0) is 11.6. The second-order valence-electron chi connectivity index (χ2n) is 1.79.